The lowest BCUT2D eigenvalue weighted by atomic mass is 10.0. The van der Waals surface area contributed by atoms with E-state index in [9.17, 15) is 9.59 Å². The molecule has 0 atom stereocenters. The third-order valence-electron chi connectivity index (χ3n) is 6.46. The van der Waals surface area contributed by atoms with Gasteiger partial charge in [0, 0.05) is 24.2 Å². The fourth-order valence-corrected chi connectivity index (χ4v) is 4.65. The summed E-state index contributed by atoms with van der Waals surface area (Å²) in [5, 5.41) is 3.97. The van der Waals surface area contributed by atoms with E-state index in [4.69, 9.17) is 4.74 Å². The summed E-state index contributed by atoms with van der Waals surface area (Å²) in [5.74, 6) is -0.379. The molecule has 36 heavy (non-hydrogen) atoms. The van der Waals surface area contributed by atoms with Crippen molar-refractivity contribution >= 4 is 22.8 Å². The number of benzene rings is 3. The maximum atomic E-state index is 13.7. The van der Waals surface area contributed by atoms with Crippen LogP contribution in [0.4, 0.5) is 0 Å². The number of nitrogens with one attached hydrogen (secondary N) is 1. The van der Waals surface area contributed by atoms with Gasteiger partial charge in [-0.25, -0.2) is 4.79 Å². The highest BCUT2D eigenvalue weighted by Gasteiger charge is 2.25. The Morgan fingerprint density at radius 2 is 1.58 bits per heavy atom. The molecule has 1 N–H and O–H groups in total. The first-order valence-electron chi connectivity index (χ1n) is 12.7. The Kier molecular flexibility index (Phi) is 7.89. The van der Waals surface area contributed by atoms with E-state index in [-0.39, 0.29) is 17.8 Å². The summed E-state index contributed by atoms with van der Waals surface area (Å²) in [7, 11) is 0. The molecular formula is C31H34N2O3. The summed E-state index contributed by atoms with van der Waals surface area (Å²) in [6.45, 7) is 9.48. The van der Waals surface area contributed by atoms with Crippen LogP contribution in [0.25, 0.3) is 10.9 Å². The van der Waals surface area contributed by atoms with Crippen LogP contribution in [0.15, 0.2) is 72.8 Å². The van der Waals surface area contributed by atoms with Gasteiger partial charge in [-0.15, -0.1) is 0 Å². The number of esters is 1. The Bertz CT molecular complexity index is 1350. The monoisotopic (exact) mass is 482 g/mol. The standard InChI is InChI=1S/C31H34N2O3/c1-5-22-12-14-23(15-13-22)19-32-30(34)28-26-17-16-25(31(35)36-6-2)18-27(26)33(29(28)21(3)4)20-24-10-8-7-9-11-24/h7-18,21H,5-6,19-20H2,1-4H3,(H,32,34). The lowest BCUT2D eigenvalue weighted by Gasteiger charge is -2.16. The second-order valence-electron chi connectivity index (χ2n) is 9.29. The average molecular weight is 483 g/mol. The molecule has 0 saturated carbocycles. The molecule has 4 aromatic rings. The van der Waals surface area contributed by atoms with Gasteiger partial charge in [0.2, 0.25) is 0 Å². The normalized spacial score (nSPS) is 11.1. The number of ether oxygens (including phenoxy) is 1. The maximum Gasteiger partial charge on any atom is 0.338 e. The molecule has 0 unspecified atom stereocenters. The van der Waals surface area contributed by atoms with E-state index in [2.05, 4.69) is 67.1 Å². The van der Waals surface area contributed by atoms with Crippen molar-refractivity contribution < 1.29 is 14.3 Å². The number of aryl methyl sites for hydroxylation is 1. The fourth-order valence-electron chi connectivity index (χ4n) is 4.65. The number of hydrogen-bond acceptors (Lipinski definition) is 3. The zero-order chi connectivity index (χ0) is 25.7. The molecular weight excluding hydrogens is 448 g/mol. The van der Waals surface area contributed by atoms with Crippen molar-refractivity contribution in [3.05, 3.63) is 106 Å². The lowest BCUT2D eigenvalue weighted by Crippen LogP contribution is -2.24. The second kappa shape index (κ2) is 11.3. The average Bonchev–Trinajstić information content (AvgIpc) is 3.22. The second-order valence-corrected chi connectivity index (χ2v) is 9.29. The van der Waals surface area contributed by atoms with Crippen LogP contribution in [-0.4, -0.2) is 23.1 Å². The summed E-state index contributed by atoms with van der Waals surface area (Å²) < 4.78 is 7.41. The number of fused-ring (bicyclic) bond motifs is 1. The van der Waals surface area contributed by atoms with Crippen LogP contribution in [0, 0.1) is 0 Å². The number of aromatic nitrogens is 1. The molecule has 5 nitrogen and oxygen atoms in total. The Balaban J connectivity index is 1.78. The topological polar surface area (TPSA) is 60.3 Å². The van der Waals surface area contributed by atoms with Crippen LogP contribution in [-0.2, 0) is 24.2 Å². The molecule has 0 spiro atoms. The molecule has 1 heterocycles. The van der Waals surface area contributed by atoms with E-state index in [0.717, 1.165) is 34.1 Å². The Labute approximate surface area is 213 Å². The maximum absolute atomic E-state index is 13.7. The van der Waals surface area contributed by atoms with E-state index >= 15 is 0 Å². The van der Waals surface area contributed by atoms with E-state index in [1.54, 1.807) is 13.0 Å². The molecule has 0 saturated heterocycles. The first-order valence-corrected chi connectivity index (χ1v) is 12.7. The highest BCUT2D eigenvalue weighted by atomic mass is 16.5. The van der Waals surface area contributed by atoms with Gasteiger partial charge in [-0.2, -0.15) is 0 Å². The van der Waals surface area contributed by atoms with Gasteiger partial charge in [-0.05, 0) is 48.1 Å². The molecule has 0 radical (unpaired) electrons. The van der Waals surface area contributed by atoms with Crippen molar-refractivity contribution in [2.45, 2.75) is 53.1 Å². The van der Waals surface area contributed by atoms with Crippen molar-refractivity contribution in [2.24, 2.45) is 0 Å². The van der Waals surface area contributed by atoms with Crippen LogP contribution >= 0.6 is 0 Å². The van der Waals surface area contributed by atoms with Crippen molar-refractivity contribution in [3.63, 3.8) is 0 Å². The molecule has 0 bridgehead atoms. The largest absolute Gasteiger partial charge is 0.462 e. The van der Waals surface area contributed by atoms with E-state index in [1.807, 2.05) is 30.3 Å². The van der Waals surface area contributed by atoms with Gasteiger partial charge in [0.1, 0.15) is 0 Å². The van der Waals surface area contributed by atoms with Crippen molar-refractivity contribution in [1.82, 2.24) is 9.88 Å². The van der Waals surface area contributed by atoms with E-state index in [0.29, 0.717) is 30.8 Å². The molecule has 4 rings (SSSR count). The number of nitrogens with zero attached hydrogens (tertiary/aromatic N) is 1. The van der Waals surface area contributed by atoms with Crippen LogP contribution in [0.2, 0.25) is 0 Å². The van der Waals surface area contributed by atoms with E-state index in [1.165, 1.54) is 5.56 Å². The third kappa shape index (κ3) is 5.35. The number of carbonyl (C=O) groups is 2. The van der Waals surface area contributed by atoms with Gasteiger partial charge in [0.05, 0.1) is 23.3 Å². The van der Waals surface area contributed by atoms with Gasteiger partial charge in [-0.3, -0.25) is 4.79 Å². The number of hydrogen-bond donors (Lipinski definition) is 1. The minimum atomic E-state index is -0.362. The third-order valence-corrected chi connectivity index (χ3v) is 6.46. The van der Waals surface area contributed by atoms with Crippen molar-refractivity contribution in [3.8, 4) is 0 Å². The molecule has 0 aliphatic carbocycles. The molecule has 1 aromatic heterocycles. The Hall–Kier alpha value is -3.86. The molecule has 186 valence electrons. The van der Waals surface area contributed by atoms with Crippen molar-refractivity contribution in [1.29, 1.82) is 0 Å². The van der Waals surface area contributed by atoms with Crippen LogP contribution in [0.1, 0.15) is 76.7 Å². The zero-order valence-corrected chi connectivity index (χ0v) is 21.5. The summed E-state index contributed by atoms with van der Waals surface area (Å²) in [5.41, 5.74) is 6.41. The molecule has 3 aromatic carbocycles. The van der Waals surface area contributed by atoms with Gasteiger partial charge >= 0.3 is 5.97 Å². The SMILES string of the molecule is CCOC(=O)c1ccc2c(C(=O)NCc3ccc(CC)cc3)c(C(C)C)n(Cc3ccccc3)c2c1. The van der Waals surface area contributed by atoms with Crippen LogP contribution < -0.4 is 5.32 Å². The van der Waals surface area contributed by atoms with Gasteiger partial charge in [0.25, 0.3) is 5.91 Å². The molecule has 0 fully saturated rings. The summed E-state index contributed by atoms with van der Waals surface area (Å²) in [6, 6.07) is 24.0. The number of amides is 1. The first-order chi connectivity index (χ1) is 17.4. The summed E-state index contributed by atoms with van der Waals surface area (Å²) >= 11 is 0. The number of carbonyl (C=O) groups excluding carboxylic acids is 2. The minimum Gasteiger partial charge on any atom is -0.462 e. The molecule has 0 aliphatic heterocycles. The Morgan fingerprint density at radius 3 is 2.22 bits per heavy atom. The van der Waals surface area contributed by atoms with Crippen LogP contribution in [0.5, 0.6) is 0 Å². The Morgan fingerprint density at radius 1 is 0.889 bits per heavy atom. The lowest BCUT2D eigenvalue weighted by molar-refractivity contribution is 0.0526. The highest BCUT2D eigenvalue weighted by molar-refractivity contribution is 6.10. The number of rotatable bonds is 9. The first kappa shape index (κ1) is 25.2. The van der Waals surface area contributed by atoms with E-state index < -0.39 is 0 Å². The van der Waals surface area contributed by atoms with Gasteiger partial charge in [-0.1, -0.05) is 81.4 Å². The minimum absolute atomic E-state index is 0.0942. The predicted molar refractivity (Wildman–Crippen MR) is 145 cm³/mol. The summed E-state index contributed by atoms with van der Waals surface area (Å²) in [4.78, 5) is 26.2. The summed E-state index contributed by atoms with van der Waals surface area (Å²) in [6.07, 6.45) is 0.985. The zero-order valence-electron chi connectivity index (χ0n) is 21.5. The molecule has 5 heteroatoms. The molecule has 0 aliphatic rings. The molecule has 1 amide bonds. The van der Waals surface area contributed by atoms with Crippen LogP contribution in [0.3, 0.4) is 0 Å². The van der Waals surface area contributed by atoms with Gasteiger partial charge < -0.3 is 14.6 Å². The highest BCUT2D eigenvalue weighted by Crippen LogP contribution is 2.33. The quantitative estimate of drug-likeness (QED) is 0.278. The van der Waals surface area contributed by atoms with Gasteiger partial charge in [0.15, 0.2) is 0 Å². The smallest absolute Gasteiger partial charge is 0.338 e. The van der Waals surface area contributed by atoms with Crippen molar-refractivity contribution in [2.75, 3.05) is 6.61 Å². The fraction of sp³-hybridized carbons (Fsp3) is 0.290. The predicted octanol–water partition coefficient (Wildman–Crippen LogP) is 6.48.